The molecule has 0 spiro atoms. The van der Waals surface area contributed by atoms with Crippen molar-refractivity contribution < 1.29 is 14.3 Å². The quantitative estimate of drug-likeness (QED) is 0.261. The summed E-state index contributed by atoms with van der Waals surface area (Å²) in [4.78, 5) is 28.7. The van der Waals surface area contributed by atoms with E-state index in [-0.39, 0.29) is 17.5 Å². The summed E-state index contributed by atoms with van der Waals surface area (Å²) < 4.78 is 8.83. The summed E-state index contributed by atoms with van der Waals surface area (Å²) in [7, 11) is 0. The Morgan fingerprint density at radius 1 is 1.32 bits per heavy atom. The molecule has 0 aromatic carbocycles. The fourth-order valence-corrected chi connectivity index (χ4v) is 3.28. The summed E-state index contributed by atoms with van der Waals surface area (Å²) in [5.74, 6) is -0.881. The van der Waals surface area contributed by atoms with E-state index in [1.807, 2.05) is 36.6 Å². The first-order valence-corrected chi connectivity index (χ1v) is 9.08. The maximum absolute atomic E-state index is 12.4. The number of hydrogen-bond acceptors (Lipinski definition) is 4. The number of aryl methyl sites for hydroxylation is 1. The summed E-state index contributed by atoms with van der Waals surface area (Å²) in [5.41, 5.74) is 3.56. The Balaban J connectivity index is 1.66. The van der Waals surface area contributed by atoms with Crippen molar-refractivity contribution >= 4 is 35.1 Å². The highest BCUT2D eigenvalue weighted by atomic mass is 35.5. The molecule has 3 aromatic heterocycles. The van der Waals surface area contributed by atoms with E-state index in [1.165, 1.54) is 12.2 Å². The number of imidazole rings is 1. The Morgan fingerprint density at radius 3 is 2.86 bits per heavy atom. The summed E-state index contributed by atoms with van der Waals surface area (Å²) in [6.07, 6.45) is 6.31. The summed E-state index contributed by atoms with van der Waals surface area (Å²) >= 11 is 6.12. The number of pyridine rings is 1. The summed E-state index contributed by atoms with van der Waals surface area (Å²) in [6, 6.07) is 7.28. The molecule has 3 aromatic rings. The van der Waals surface area contributed by atoms with Crippen LogP contribution in [-0.4, -0.2) is 32.3 Å². The third-order valence-corrected chi connectivity index (χ3v) is 4.71. The van der Waals surface area contributed by atoms with Gasteiger partial charge in [0, 0.05) is 35.8 Å². The van der Waals surface area contributed by atoms with Gasteiger partial charge in [-0.25, -0.2) is 9.78 Å². The molecule has 0 N–H and O–H groups in total. The highest BCUT2D eigenvalue weighted by Crippen LogP contribution is 2.19. The fraction of sp³-hybridized carbons (Fsp3) is 0.190. The van der Waals surface area contributed by atoms with E-state index in [2.05, 4.69) is 11.6 Å². The summed E-state index contributed by atoms with van der Waals surface area (Å²) in [6.45, 7) is 7.79. The lowest BCUT2D eigenvalue weighted by Gasteiger charge is -2.06. The predicted octanol–water partition coefficient (Wildman–Crippen LogP) is 4.03. The van der Waals surface area contributed by atoms with Crippen molar-refractivity contribution in [1.29, 1.82) is 0 Å². The number of carbonyl (C=O) groups excluding carboxylic acids is 2. The lowest BCUT2D eigenvalue weighted by Crippen LogP contribution is -2.13. The number of fused-ring (bicyclic) bond motifs is 1. The second-order valence-electron chi connectivity index (χ2n) is 6.26. The molecule has 0 radical (unpaired) electrons. The first-order valence-electron chi connectivity index (χ1n) is 8.70. The maximum atomic E-state index is 12.4. The van der Waals surface area contributed by atoms with Crippen LogP contribution in [0.15, 0.2) is 49.2 Å². The average molecular weight is 398 g/mol. The van der Waals surface area contributed by atoms with Gasteiger partial charge in [0.2, 0.25) is 5.78 Å². The van der Waals surface area contributed by atoms with E-state index in [0.717, 1.165) is 11.4 Å². The number of ketones is 1. The molecule has 0 saturated heterocycles. The van der Waals surface area contributed by atoms with Crippen molar-refractivity contribution in [1.82, 2.24) is 14.0 Å². The summed E-state index contributed by atoms with van der Waals surface area (Å²) in [5, 5.41) is 0.279. The molecule has 0 fully saturated rings. The topological polar surface area (TPSA) is 65.6 Å². The third-order valence-electron chi connectivity index (χ3n) is 4.43. The standard InChI is InChI=1S/C21H20ClN3O3/c1-4-10-24-14(2)12-16(15(24)3)18(26)13-28-20(27)9-8-17-21(22)23-19-7-5-6-11-25(17)19/h4-9,11-12H,1,10,13H2,2-3H3/b9-8+. The monoisotopic (exact) mass is 397 g/mol. The van der Waals surface area contributed by atoms with E-state index < -0.39 is 5.97 Å². The van der Waals surface area contributed by atoms with Crippen LogP contribution in [0.4, 0.5) is 0 Å². The second-order valence-corrected chi connectivity index (χ2v) is 6.62. The van der Waals surface area contributed by atoms with Gasteiger partial charge in [0.1, 0.15) is 5.65 Å². The maximum Gasteiger partial charge on any atom is 0.331 e. The lowest BCUT2D eigenvalue weighted by atomic mass is 10.1. The van der Waals surface area contributed by atoms with Gasteiger partial charge in [0.25, 0.3) is 0 Å². The van der Waals surface area contributed by atoms with Crippen LogP contribution in [0.3, 0.4) is 0 Å². The molecule has 0 aliphatic rings. The molecule has 0 saturated carbocycles. The third kappa shape index (κ3) is 3.92. The molecule has 0 atom stereocenters. The Morgan fingerprint density at radius 2 is 2.11 bits per heavy atom. The van der Waals surface area contributed by atoms with Gasteiger partial charge in [-0.1, -0.05) is 23.7 Å². The Hall–Kier alpha value is -3.12. The number of aromatic nitrogens is 3. The zero-order valence-corrected chi connectivity index (χ0v) is 16.4. The average Bonchev–Trinajstić information content (AvgIpc) is 3.15. The minimum absolute atomic E-state index is 0.252. The van der Waals surface area contributed by atoms with Gasteiger partial charge in [-0.2, -0.15) is 0 Å². The highest BCUT2D eigenvalue weighted by Gasteiger charge is 2.16. The van der Waals surface area contributed by atoms with Crippen LogP contribution in [0.2, 0.25) is 5.15 Å². The van der Waals surface area contributed by atoms with Crippen molar-refractivity contribution in [3.05, 3.63) is 77.0 Å². The van der Waals surface area contributed by atoms with Crippen LogP contribution in [0.25, 0.3) is 11.7 Å². The number of halogens is 1. The van der Waals surface area contributed by atoms with Crippen LogP contribution < -0.4 is 0 Å². The van der Waals surface area contributed by atoms with Crippen molar-refractivity contribution in [2.24, 2.45) is 0 Å². The van der Waals surface area contributed by atoms with Gasteiger partial charge in [-0.3, -0.25) is 9.20 Å². The van der Waals surface area contributed by atoms with E-state index in [4.69, 9.17) is 16.3 Å². The molecule has 0 aliphatic carbocycles. The molecule has 28 heavy (non-hydrogen) atoms. The highest BCUT2D eigenvalue weighted by molar-refractivity contribution is 6.31. The van der Waals surface area contributed by atoms with Gasteiger partial charge < -0.3 is 9.30 Å². The Bertz CT molecular complexity index is 1090. The number of carbonyl (C=O) groups is 2. The Kier molecular flexibility index (Phi) is 5.80. The van der Waals surface area contributed by atoms with E-state index >= 15 is 0 Å². The van der Waals surface area contributed by atoms with Gasteiger partial charge in [-0.15, -0.1) is 6.58 Å². The lowest BCUT2D eigenvalue weighted by molar-refractivity contribution is -0.136. The van der Waals surface area contributed by atoms with Crippen LogP contribution in [-0.2, 0) is 16.1 Å². The van der Waals surface area contributed by atoms with Crippen molar-refractivity contribution in [2.45, 2.75) is 20.4 Å². The van der Waals surface area contributed by atoms with Crippen molar-refractivity contribution in [2.75, 3.05) is 6.61 Å². The molecule has 6 nitrogen and oxygen atoms in total. The molecular weight excluding hydrogens is 378 g/mol. The predicted molar refractivity (Wildman–Crippen MR) is 109 cm³/mol. The number of hydrogen-bond donors (Lipinski definition) is 0. The molecule has 0 bridgehead atoms. The molecule has 144 valence electrons. The van der Waals surface area contributed by atoms with Crippen LogP contribution in [0.1, 0.15) is 27.4 Å². The molecule has 3 heterocycles. The van der Waals surface area contributed by atoms with Gasteiger partial charge in [0.15, 0.2) is 11.8 Å². The second kappa shape index (κ2) is 8.27. The van der Waals surface area contributed by atoms with Crippen molar-refractivity contribution in [3.8, 4) is 0 Å². The first kappa shape index (κ1) is 19.6. The minimum Gasteiger partial charge on any atom is -0.454 e. The molecule has 0 aliphatic heterocycles. The fourth-order valence-electron chi connectivity index (χ4n) is 3.04. The molecular formula is C21H20ClN3O3. The molecule has 3 rings (SSSR count). The van der Waals surface area contributed by atoms with Crippen LogP contribution >= 0.6 is 11.6 Å². The van der Waals surface area contributed by atoms with Gasteiger partial charge in [0.05, 0.1) is 5.69 Å². The number of Topliss-reactive ketones (excluding diaryl/α,β-unsaturated/α-hetero) is 1. The zero-order chi connectivity index (χ0) is 20.3. The number of rotatable bonds is 7. The number of nitrogens with zero attached hydrogens (tertiary/aromatic N) is 3. The number of ether oxygens (including phenoxy) is 1. The molecule has 7 heteroatoms. The molecule has 0 unspecified atom stereocenters. The van der Waals surface area contributed by atoms with Gasteiger partial charge >= 0.3 is 5.97 Å². The van der Waals surface area contributed by atoms with Gasteiger partial charge in [-0.05, 0) is 38.1 Å². The normalized spacial score (nSPS) is 11.2. The number of allylic oxidation sites excluding steroid dienone is 1. The van der Waals surface area contributed by atoms with E-state index in [9.17, 15) is 9.59 Å². The van der Waals surface area contributed by atoms with E-state index in [1.54, 1.807) is 22.7 Å². The Labute approximate surface area is 167 Å². The zero-order valence-electron chi connectivity index (χ0n) is 15.7. The largest absolute Gasteiger partial charge is 0.454 e. The molecule has 0 amide bonds. The minimum atomic E-state index is -0.629. The number of esters is 1. The van der Waals surface area contributed by atoms with Crippen LogP contribution in [0, 0.1) is 13.8 Å². The first-order chi connectivity index (χ1) is 13.4. The van der Waals surface area contributed by atoms with Crippen LogP contribution in [0.5, 0.6) is 0 Å². The smallest absolute Gasteiger partial charge is 0.331 e. The van der Waals surface area contributed by atoms with E-state index in [0.29, 0.717) is 23.4 Å². The van der Waals surface area contributed by atoms with Crippen molar-refractivity contribution in [3.63, 3.8) is 0 Å². The SMILES string of the molecule is C=CCn1c(C)cc(C(=O)COC(=O)/C=C/c2c(Cl)nc3ccccn23)c1C.